The predicted molar refractivity (Wildman–Crippen MR) is 96.2 cm³/mol. The molecule has 1 amide bonds. The monoisotopic (exact) mass is 319 g/mol. The Morgan fingerprint density at radius 1 is 0.833 bits per heavy atom. The third-order valence-electron chi connectivity index (χ3n) is 3.40. The second-order valence-corrected chi connectivity index (χ2v) is 5.25. The molecule has 0 atom stereocenters. The third kappa shape index (κ3) is 3.64. The molecule has 0 bridgehead atoms. The van der Waals surface area contributed by atoms with Crippen LogP contribution in [0.4, 0.5) is 17.1 Å². The van der Waals surface area contributed by atoms with E-state index >= 15 is 0 Å². The summed E-state index contributed by atoms with van der Waals surface area (Å²) in [5.41, 5.74) is 13.7. The van der Waals surface area contributed by atoms with Crippen LogP contribution in [0.3, 0.4) is 0 Å². The lowest BCUT2D eigenvalue weighted by atomic mass is 10.2. The molecule has 0 saturated heterocycles. The summed E-state index contributed by atoms with van der Waals surface area (Å²) in [6.45, 7) is 0. The Labute approximate surface area is 139 Å². The van der Waals surface area contributed by atoms with Crippen LogP contribution in [0.25, 0.3) is 0 Å². The highest BCUT2D eigenvalue weighted by Crippen LogP contribution is 2.31. The van der Waals surface area contributed by atoms with Gasteiger partial charge in [0.1, 0.15) is 5.75 Å². The number of hydrogen-bond acceptors (Lipinski definition) is 4. The number of benzene rings is 3. The highest BCUT2D eigenvalue weighted by Gasteiger charge is 2.11. The van der Waals surface area contributed by atoms with Gasteiger partial charge >= 0.3 is 0 Å². The number of anilines is 3. The van der Waals surface area contributed by atoms with Crippen molar-refractivity contribution in [2.24, 2.45) is 0 Å². The molecule has 3 aromatic rings. The lowest BCUT2D eigenvalue weighted by molar-refractivity contribution is 0.102. The third-order valence-corrected chi connectivity index (χ3v) is 3.40. The van der Waals surface area contributed by atoms with Gasteiger partial charge in [-0.25, -0.2) is 0 Å². The van der Waals surface area contributed by atoms with Crippen LogP contribution in [0.1, 0.15) is 10.4 Å². The molecule has 0 aliphatic rings. The first kappa shape index (κ1) is 15.4. The maximum atomic E-state index is 12.4. The Morgan fingerprint density at radius 2 is 1.50 bits per heavy atom. The van der Waals surface area contributed by atoms with Gasteiger partial charge in [-0.2, -0.15) is 0 Å². The fourth-order valence-corrected chi connectivity index (χ4v) is 2.17. The molecule has 0 heterocycles. The lowest BCUT2D eigenvalue weighted by Gasteiger charge is -2.13. The fraction of sp³-hybridized carbons (Fsp3) is 0. The van der Waals surface area contributed by atoms with Gasteiger partial charge in [-0.05, 0) is 48.5 Å². The van der Waals surface area contributed by atoms with Crippen molar-refractivity contribution in [3.63, 3.8) is 0 Å². The zero-order valence-corrected chi connectivity index (χ0v) is 12.9. The molecule has 0 aliphatic carbocycles. The molecule has 0 aromatic heterocycles. The van der Waals surface area contributed by atoms with Gasteiger partial charge in [0.15, 0.2) is 5.75 Å². The number of nitrogen functional groups attached to an aromatic ring is 2. The molecule has 0 fully saturated rings. The molecule has 3 rings (SSSR count). The highest BCUT2D eigenvalue weighted by molar-refractivity contribution is 6.05. The molecule has 0 spiro atoms. The van der Waals surface area contributed by atoms with E-state index in [9.17, 15) is 4.79 Å². The summed E-state index contributed by atoms with van der Waals surface area (Å²) in [4.78, 5) is 12.4. The summed E-state index contributed by atoms with van der Waals surface area (Å²) < 4.78 is 5.83. The van der Waals surface area contributed by atoms with Crippen LogP contribution in [0, 0.1) is 0 Å². The molecule has 5 heteroatoms. The van der Waals surface area contributed by atoms with Crippen molar-refractivity contribution in [3.8, 4) is 11.5 Å². The van der Waals surface area contributed by atoms with Gasteiger partial charge in [0.05, 0.1) is 5.69 Å². The maximum absolute atomic E-state index is 12.4. The molecule has 0 saturated carbocycles. The Bertz CT molecular complexity index is 846. The zero-order valence-electron chi connectivity index (χ0n) is 12.9. The zero-order chi connectivity index (χ0) is 16.9. The first-order valence-corrected chi connectivity index (χ1v) is 7.41. The van der Waals surface area contributed by atoms with Crippen LogP contribution in [-0.2, 0) is 0 Å². The second kappa shape index (κ2) is 6.75. The number of ether oxygens (including phenoxy) is 1. The van der Waals surface area contributed by atoms with Gasteiger partial charge < -0.3 is 21.5 Å². The van der Waals surface area contributed by atoms with Crippen molar-refractivity contribution < 1.29 is 9.53 Å². The molecule has 120 valence electrons. The number of amides is 1. The maximum Gasteiger partial charge on any atom is 0.255 e. The van der Waals surface area contributed by atoms with Crippen LogP contribution >= 0.6 is 0 Å². The van der Waals surface area contributed by atoms with Crippen LogP contribution in [0.5, 0.6) is 11.5 Å². The van der Waals surface area contributed by atoms with E-state index in [2.05, 4.69) is 5.32 Å². The molecular weight excluding hydrogens is 302 g/mol. The van der Waals surface area contributed by atoms with E-state index in [0.717, 1.165) is 0 Å². The molecule has 3 aromatic carbocycles. The van der Waals surface area contributed by atoms with Gasteiger partial charge in [-0.3, -0.25) is 4.79 Å². The van der Waals surface area contributed by atoms with Crippen molar-refractivity contribution in [1.82, 2.24) is 0 Å². The summed E-state index contributed by atoms with van der Waals surface area (Å²) in [6, 6.07) is 21.1. The number of para-hydroxylation sites is 1. The van der Waals surface area contributed by atoms with Gasteiger partial charge in [0, 0.05) is 23.0 Å². The van der Waals surface area contributed by atoms with E-state index in [1.807, 2.05) is 30.3 Å². The van der Waals surface area contributed by atoms with E-state index in [4.69, 9.17) is 16.2 Å². The fourth-order valence-electron chi connectivity index (χ4n) is 2.17. The minimum Gasteiger partial charge on any atom is -0.455 e. The molecule has 0 radical (unpaired) electrons. The van der Waals surface area contributed by atoms with Crippen LogP contribution in [-0.4, -0.2) is 5.91 Å². The summed E-state index contributed by atoms with van der Waals surface area (Å²) in [5.74, 6) is 0.883. The Balaban J connectivity index is 1.85. The number of nitrogens with one attached hydrogen (secondary N) is 1. The Morgan fingerprint density at radius 3 is 2.21 bits per heavy atom. The van der Waals surface area contributed by atoms with Crippen molar-refractivity contribution in [3.05, 3.63) is 78.4 Å². The van der Waals surface area contributed by atoms with Crippen LogP contribution in [0.15, 0.2) is 72.8 Å². The van der Waals surface area contributed by atoms with Crippen molar-refractivity contribution in [1.29, 1.82) is 0 Å². The standard InChI is InChI=1S/C19H17N3O2/c20-14-8-6-13(7-9-14)19(23)22-17-11-10-15(21)12-18(17)24-16-4-2-1-3-5-16/h1-12H,20-21H2,(H,22,23). The van der Waals surface area contributed by atoms with Crippen molar-refractivity contribution in [2.75, 3.05) is 16.8 Å². The van der Waals surface area contributed by atoms with Gasteiger partial charge in [-0.1, -0.05) is 18.2 Å². The average Bonchev–Trinajstić information content (AvgIpc) is 2.59. The Hall–Kier alpha value is -3.47. The smallest absolute Gasteiger partial charge is 0.255 e. The minimum absolute atomic E-state index is 0.252. The van der Waals surface area contributed by atoms with E-state index in [0.29, 0.717) is 34.1 Å². The SMILES string of the molecule is Nc1ccc(C(=O)Nc2ccc(N)cc2Oc2ccccc2)cc1. The van der Waals surface area contributed by atoms with E-state index in [-0.39, 0.29) is 5.91 Å². The van der Waals surface area contributed by atoms with E-state index < -0.39 is 0 Å². The number of carbonyl (C=O) groups is 1. The number of nitrogens with two attached hydrogens (primary N) is 2. The minimum atomic E-state index is -0.252. The quantitative estimate of drug-likeness (QED) is 0.636. The van der Waals surface area contributed by atoms with E-state index in [1.165, 1.54) is 0 Å². The summed E-state index contributed by atoms with van der Waals surface area (Å²) in [5, 5.41) is 2.83. The van der Waals surface area contributed by atoms with Gasteiger partial charge in [0.25, 0.3) is 5.91 Å². The molecule has 5 nitrogen and oxygen atoms in total. The first-order chi connectivity index (χ1) is 11.6. The average molecular weight is 319 g/mol. The first-order valence-electron chi connectivity index (χ1n) is 7.41. The lowest BCUT2D eigenvalue weighted by Crippen LogP contribution is -2.12. The molecule has 24 heavy (non-hydrogen) atoms. The van der Waals surface area contributed by atoms with E-state index in [1.54, 1.807) is 42.5 Å². The highest BCUT2D eigenvalue weighted by atomic mass is 16.5. The summed E-state index contributed by atoms with van der Waals surface area (Å²) >= 11 is 0. The summed E-state index contributed by atoms with van der Waals surface area (Å²) in [6.07, 6.45) is 0. The van der Waals surface area contributed by atoms with Crippen LogP contribution in [0.2, 0.25) is 0 Å². The number of hydrogen-bond donors (Lipinski definition) is 3. The topological polar surface area (TPSA) is 90.4 Å². The van der Waals surface area contributed by atoms with Gasteiger partial charge in [0.2, 0.25) is 0 Å². The molecule has 0 aliphatic heterocycles. The summed E-state index contributed by atoms with van der Waals surface area (Å²) in [7, 11) is 0. The largest absolute Gasteiger partial charge is 0.455 e. The predicted octanol–water partition coefficient (Wildman–Crippen LogP) is 3.90. The molecule has 5 N–H and O–H groups in total. The molecule has 0 unspecified atom stereocenters. The van der Waals surface area contributed by atoms with Gasteiger partial charge in [-0.15, -0.1) is 0 Å². The Kier molecular flexibility index (Phi) is 4.34. The normalized spacial score (nSPS) is 10.2. The van der Waals surface area contributed by atoms with Crippen molar-refractivity contribution in [2.45, 2.75) is 0 Å². The van der Waals surface area contributed by atoms with Crippen molar-refractivity contribution >= 4 is 23.0 Å². The number of rotatable bonds is 4. The van der Waals surface area contributed by atoms with Crippen LogP contribution < -0.4 is 21.5 Å². The number of carbonyl (C=O) groups excluding carboxylic acids is 1. The second-order valence-electron chi connectivity index (χ2n) is 5.25. The molecular formula is C19H17N3O2.